The molecule has 0 aromatic heterocycles. The third-order valence-corrected chi connectivity index (χ3v) is 5.08. The van der Waals surface area contributed by atoms with Crippen molar-refractivity contribution in [2.75, 3.05) is 33.4 Å². The Bertz CT molecular complexity index is 575. The van der Waals surface area contributed by atoms with Crippen molar-refractivity contribution in [1.82, 2.24) is 10.2 Å². The number of amides is 2. The molecule has 1 N–H and O–H groups in total. The first-order chi connectivity index (χ1) is 11.6. The van der Waals surface area contributed by atoms with E-state index in [2.05, 4.69) is 43.4 Å². The van der Waals surface area contributed by atoms with Crippen LogP contribution < -0.4 is 5.32 Å². The van der Waals surface area contributed by atoms with Crippen molar-refractivity contribution in [3.8, 4) is 0 Å². The van der Waals surface area contributed by atoms with Crippen LogP contribution in [0, 0.1) is 12.8 Å². The van der Waals surface area contributed by atoms with Gasteiger partial charge in [0.1, 0.15) is 0 Å². The number of methoxy groups -OCH3 is 1. The summed E-state index contributed by atoms with van der Waals surface area (Å²) in [6, 6.07) is 8.90. The lowest BCUT2D eigenvalue weighted by Crippen LogP contribution is -2.52. The number of nitrogens with one attached hydrogen (secondary N) is 1. The highest BCUT2D eigenvalue weighted by Crippen LogP contribution is 2.49. The third kappa shape index (κ3) is 4.08. The van der Waals surface area contributed by atoms with Crippen LogP contribution >= 0.6 is 0 Å². The van der Waals surface area contributed by atoms with Crippen LogP contribution in [0.25, 0.3) is 0 Å². The van der Waals surface area contributed by atoms with Crippen molar-refractivity contribution < 1.29 is 14.3 Å². The summed E-state index contributed by atoms with van der Waals surface area (Å²) in [5.41, 5.74) is 2.69. The van der Waals surface area contributed by atoms with Gasteiger partial charge in [-0.15, -0.1) is 0 Å². The summed E-state index contributed by atoms with van der Waals surface area (Å²) in [5, 5.41) is 3.18. The van der Waals surface area contributed by atoms with Crippen LogP contribution in [0.1, 0.15) is 30.4 Å². The molecular weight excluding hydrogens is 304 g/mol. The highest BCUT2D eigenvalue weighted by Gasteiger charge is 2.43. The molecule has 1 heterocycles. The molecule has 2 amide bonds. The van der Waals surface area contributed by atoms with Gasteiger partial charge in [0.05, 0.1) is 25.9 Å². The lowest BCUT2D eigenvalue weighted by atomic mass is 10.0. The fourth-order valence-corrected chi connectivity index (χ4v) is 3.63. The second-order valence-electron chi connectivity index (χ2n) is 7.05. The van der Waals surface area contributed by atoms with Gasteiger partial charge in [0, 0.05) is 19.7 Å². The Morgan fingerprint density at radius 1 is 1.50 bits per heavy atom. The average molecular weight is 332 g/mol. The molecule has 1 aliphatic heterocycles. The summed E-state index contributed by atoms with van der Waals surface area (Å²) in [4.78, 5) is 14.3. The van der Waals surface area contributed by atoms with E-state index in [9.17, 15) is 4.79 Å². The van der Waals surface area contributed by atoms with Gasteiger partial charge in [-0.05, 0) is 37.7 Å². The number of hydrogen-bond acceptors (Lipinski definition) is 3. The maximum atomic E-state index is 12.5. The number of morpholine rings is 1. The summed E-state index contributed by atoms with van der Waals surface area (Å²) in [6.45, 7) is 6.58. The molecule has 1 saturated heterocycles. The van der Waals surface area contributed by atoms with Gasteiger partial charge in [0.15, 0.2) is 0 Å². The molecule has 24 heavy (non-hydrogen) atoms. The van der Waals surface area contributed by atoms with Crippen LogP contribution in [0.3, 0.4) is 0 Å². The Morgan fingerprint density at radius 2 is 2.33 bits per heavy atom. The molecule has 0 unspecified atom stereocenters. The monoisotopic (exact) mass is 332 g/mol. The zero-order chi connectivity index (χ0) is 17.1. The maximum absolute atomic E-state index is 12.5. The van der Waals surface area contributed by atoms with Gasteiger partial charge in [-0.1, -0.05) is 29.8 Å². The number of carbonyl (C=O) groups is 1. The summed E-state index contributed by atoms with van der Waals surface area (Å²) in [7, 11) is 1.66. The average Bonchev–Trinajstić information content (AvgIpc) is 3.36. The normalized spacial score (nSPS) is 27.6. The molecule has 0 radical (unpaired) electrons. The molecule has 132 valence electrons. The predicted octanol–water partition coefficient (Wildman–Crippen LogP) is 2.54. The second kappa shape index (κ2) is 7.53. The second-order valence-corrected chi connectivity index (χ2v) is 7.05. The molecule has 0 spiro atoms. The quantitative estimate of drug-likeness (QED) is 0.901. The highest BCUT2D eigenvalue weighted by atomic mass is 16.5. The molecule has 1 aromatic rings. The van der Waals surface area contributed by atoms with Crippen LogP contribution in [-0.2, 0) is 9.47 Å². The van der Waals surface area contributed by atoms with E-state index in [1.807, 2.05) is 4.90 Å². The molecule has 5 heteroatoms. The lowest BCUT2D eigenvalue weighted by molar-refractivity contribution is -0.0496. The predicted molar refractivity (Wildman–Crippen MR) is 93.2 cm³/mol. The Morgan fingerprint density at radius 3 is 3.08 bits per heavy atom. The number of aryl methyl sites for hydroxylation is 1. The zero-order valence-electron chi connectivity index (χ0n) is 14.8. The van der Waals surface area contributed by atoms with Crippen LogP contribution in [0.2, 0.25) is 0 Å². The number of rotatable bonds is 5. The first-order valence-electron chi connectivity index (χ1n) is 8.81. The van der Waals surface area contributed by atoms with Crippen LogP contribution in [0.15, 0.2) is 24.3 Å². The Labute approximate surface area is 144 Å². The molecule has 0 bridgehead atoms. The first kappa shape index (κ1) is 17.2. The number of carbonyl (C=O) groups excluding carboxylic acids is 1. The summed E-state index contributed by atoms with van der Waals surface area (Å²) < 4.78 is 10.7. The summed E-state index contributed by atoms with van der Waals surface area (Å²) >= 11 is 0. The highest BCUT2D eigenvalue weighted by molar-refractivity contribution is 5.74. The molecule has 1 saturated carbocycles. The van der Waals surface area contributed by atoms with Crippen molar-refractivity contribution in [1.29, 1.82) is 0 Å². The van der Waals surface area contributed by atoms with E-state index >= 15 is 0 Å². The molecule has 3 rings (SSSR count). The third-order valence-electron chi connectivity index (χ3n) is 5.08. The smallest absolute Gasteiger partial charge is 0.317 e. The number of benzene rings is 1. The van der Waals surface area contributed by atoms with Gasteiger partial charge in [-0.25, -0.2) is 4.79 Å². The number of ether oxygens (including phenoxy) is 2. The SMILES string of the molecule is COC[C@@H]1CN(C(=O)N[C@H](C)[C@H]2C[C@@H]2c2cccc(C)c2)CCO1. The van der Waals surface area contributed by atoms with Gasteiger partial charge in [0.25, 0.3) is 0 Å². The van der Waals surface area contributed by atoms with Crippen LogP contribution in [0.4, 0.5) is 4.79 Å². The van der Waals surface area contributed by atoms with Gasteiger partial charge in [-0.3, -0.25) is 0 Å². The fourth-order valence-electron chi connectivity index (χ4n) is 3.63. The molecule has 1 aliphatic carbocycles. The molecule has 2 aliphatic rings. The Balaban J connectivity index is 1.50. The van der Waals surface area contributed by atoms with Crippen LogP contribution in [0.5, 0.6) is 0 Å². The topological polar surface area (TPSA) is 50.8 Å². The lowest BCUT2D eigenvalue weighted by Gasteiger charge is -2.33. The molecular formula is C19H28N2O3. The number of nitrogens with zero attached hydrogens (tertiary/aromatic N) is 1. The first-order valence-corrected chi connectivity index (χ1v) is 8.81. The van der Waals surface area contributed by atoms with E-state index in [0.717, 1.165) is 6.42 Å². The van der Waals surface area contributed by atoms with Crippen LogP contribution in [-0.4, -0.2) is 56.5 Å². The summed E-state index contributed by atoms with van der Waals surface area (Å²) in [6.07, 6.45) is 1.13. The van der Waals surface area contributed by atoms with Gasteiger partial charge in [-0.2, -0.15) is 0 Å². The number of urea groups is 1. The minimum Gasteiger partial charge on any atom is -0.382 e. The van der Waals surface area contributed by atoms with E-state index in [4.69, 9.17) is 9.47 Å². The number of hydrogen-bond donors (Lipinski definition) is 1. The van der Waals surface area contributed by atoms with Crippen molar-refractivity contribution >= 4 is 6.03 Å². The fraction of sp³-hybridized carbons (Fsp3) is 0.632. The van der Waals surface area contributed by atoms with E-state index in [-0.39, 0.29) is 18.2 Å². The minimum atomic E-state index is -0.0224. The van der Waals surface area contributed by atoms with Gasteiger partial charge in [0.2, 0.25) is 0 Å². The van der Waals surface area contributed by atoms with Crippen molar-refractivity contribution in [3.05, 3.63) is 35.4 Å². The van der Waals surface area contributed by atoms with E-state index in [0.29, 0.717) is 38.1 Å². The van der Waals surface area contributed by atoms with Crippen molar-refractivity contribution in [2.45, 2.75) is 38.3 Å². The van der Waals surface area contributed by atoms with E-state index in [1.165, 1.54) is 11.1 Å². The zero-order valence-corrected chi connectivity index (χ0v) is 14.8. The molecule has 5 nitrogen and oxygen atoms in total. The Kier molecular flexibility index (Phi) is 5.41. The molecule has 1 aromatic carbocycles. The molecule has 2 fully saturated rings. The standard InChI is InChI=1S/C19H28N2O3/c1-13-5-4-6-15(9-13)18-10-17(18)14(2)20-19(22)21-7-8-24-16(11-21)12-23-3/h4-6,9,14,16-18H,7-8,10-12H2,1-3H3,(H,20,22)/t14-,16+,17-,18-/m1/s1. The van der Waals surface area contributed by atoms with E-state index in [1.54, 1.807) is 7.11 Å². The largest absolute Gasteiger partial charge is 0.382 e. The minimum absolute atomic E-state index is 0.0156. The molecule has 4 atom stereocenters. The maximum Gasteiger partial charge on any atom is 0.317 e. The van der Waals surface area contributed by atoms with Gasteiger partial charge < -0.3 is 19.7 Å². The van der Waals surface area contributed by atoms with Crippen molar-refractivity contribution in [2.24, 2.45) is 5.92 Å². The van der Waals surface area contributed by atoms with Gasteiger partial charge >= 0.3 is 6.03 Å². The van der Waals surface area contributed by atoms with Crippen molar-refractivity contribution in [3.63, 3.8) is 0 Å². The van der Waals surface area contributed by atoms with E-state index < -0.39 is 0 Å². The summed E-state index contributed by atoms with van der Waals surface area (Å²) in [5.74, 6) is 1.11. The Hall–Kier alpha value is -1.59.